The van der Waals surface area contributed by atoms with E-state index in [-0.39, 0.29) is 5.54 Å². The van der Waals surface area contributed by atoms with E-state index in [9.17, 15) is 0 Å². The molecule has 1 aromatic rings. The van der Waals surface area contributed by atoms with E-state index < -0.39 is 0 Å². The number of thioether (sulfide) groups is 1. The summed E-state index contributed by atoms with van der Waals surface area (Å²) in [4.78, 5) is 2.67. The van der Waals surface area contributed by atoms with Crippen molar-refractivity contribution < 1.29 is 0 Å². The number of benzene rings is 1. The number of hydrogen-bond acceptors (Lipinski definition) is 3. The van der Waals surface area contributed by atoms with Crippen molar-refractivity contribution in [2.45, 2.75) is 37.0 Å². The summed E-state index contributed by atoms with van der Waals surface area (Å²) >= 11 is 2.19. The Labute approximate surface area is 127 Å². The van der Waals surface area contributed by atoms with Crippen molar-refractivity contribution in [2.24, 2.45) is 0 Å². The lowest BCUT2D eigenvalue weighted by molar-refractivity contribution is 0.142. The summed E-state index contributed by atoms with van der Waals surface area (Å²) in [6, 6.07) is 10.9. The first-order valence-electron chi connectivity index (χ1n) is 7.91. The highest BCUT2D eigenvalue weighted by Gasteiger charge is 2.33. The molecule has 0 saturated carbocycles. The molecule has 1 N–H and O–H groups in total. The maximum Gasteiger partial charge on any atom is 0.0535 e. The quantitative estimate of drug-likeness (QED) is 0.921. The number of hydrogen-bond donors (Lipinski definition) is 1. The molecule has 2 saturated heterocycles. The van der Waals surface area contributed by atoms with Gasteiger partial charge in [-0.2, -0.15) is 11.8 Å². The van der Waals surface area contributed by atoms with Crippen molar-refractivity contribution in [1.82, 2.24) is 10.2 Å². The molecule has 2 heterocycles. The van der Waals surface area contributed by atoms with Crippen LogP contribution in [0.3, 0.4) is 0 Å². The molecule has 20 heavy (non-hydrogen) atoms. The zero-order valence-electron chi connectivity index (χ0n) is 12.5. The van der Waals surface area contributed by atoms with E-state index in [0.717, 1.165) is 18.3 Å². The average molecular weight is 290 g/mol. The monoisotopic (exact) mass is 290 g/mol. The molecule has 3 rings (SSSR count). The van der Waals surface area contributed by atoms with Gasteiger partial charge in [-0.25, -0.2) is 0 Å². The topological polar surface area (TPSA) is 15.3 Å². The van der Waals surface area contributed by atoms with Crippen molar-refractivity contribution in [3.63, 3.8) is 0 Å². The zero-order chi connectivity index (χ0) is 13.8. The molecule has 3 heteroatoms. The fourth-order valence-corrected chi connectivity index (χ4v) is 4.82. The minimum atomic E-state index is 0.110. The molecule has 2 aliphatic rings. The van der Waals surface area contributed by atoms with E-state index in [2.05, 4.69) is 59.2 Å². The van der Waals surface area contributed by atoms with Crippen LogP contribution in [0.25, 0.3) is 0 Å². The van der Waals surface area contributed by atoms with Gasteiger partial charge < -0.3 is 5.32 Å². The maximum atomic E-state index is 3.73. The van der Waals surface area contributed by atoms with Crippen LogP contribution in [0.15, 0.2) is 30.3 Å². The molecule has 0 radical (unpaired) electrons. The van der Waals surface area contributed by atoms with Crippen LogP contribution in [0, 0.1) is 0 Å². The third-order valence-electron chi connectivity index (χ3n) is 4.63. The Morgan fingerprint density at radius 1 is 1.30 bits per heavy atom. The molecule has 2 aliphatic heterocycles. The van der Waals surface area contributed by atoms with Crippen molar-refractivity contribution in [1.29, 1.82) is 0 Å². The fraction of sp³-hybridized carbons (Fsp3) is 0.647. The highest BCUT2D eigenvalue weighted by atomic mass is 32.2. The van der Waals surface area contributed by atoms with Crippen LogP contribution in [0.2, 0.25) is 0 Å². The van der Waals surface area contributed by atoms with Gasteiger partial charge in [0.1, 0.15) is 0 Å². The second-order valence-electron chi connectivity index (χ2n) is 6.35. The second-order valence-corrected chi connectivity index (χ2v) is 7.76. The van der Waals surface area contributed by atoms with E-state index in [1.807, 2.05) is 0 Å². The molecular formula is C17H26N2S. The molecule has 0 aliphatic carbocycles. The largest absolute Gasteiger partial charge is 0.305 e. The van der Waals surface area contributed by atoms with Gasteiger partial charge in [-0.05, 0) is 31.1 Å². The third kappa shape index (κ3) is 3.38. The molecule has 2 nitrogen and oxygen atoms in total. The lowest BCUT2D eigenvalue weighted by Crippen LogP contribution is -2.57. The molecule has 0 bridgehead atoms. The lowest BCUT2D eigenvalue weighted by atomic mass is 9.89. The molecule has 0 spiro atoms. The first-order chi connectivity index (χ1) is 9.76. The minimum Gasteiger partial charge on any atom is -0.305 e. The lowest BCUT2D eigenvalue weighted by Gasteiger charge is -2.43. The van der Waals surface area contributed by atoms with Crippen LogP contribution < -0.4 is 5.32 Å². The molecular weight excluding hydrogens is 264 g/mol. The van der Waals surface area contributed by atoms with E-state index in [0.29, 0.717) is 0 Å². The highest BCUT2D eigenvalue weighted by Crippen LogP contribution is 2.29. The molecule has 2 atom stereocenters. The fourth-order valence-electron chi connectivity index (χ4n) is 3.47. The van der Waals surface area contributed by atoms with Gasteiger partial charge in [0.25, 0.3) is 0 Å². The minimum absolute atomic E-state index is 0.110. The normalized spacial score (nSPS) is 32.1. The van der Waals surface area contributed by atoms with E-state index in [1.165, 1.54) is 43.7 Å². The van der Waals surface area contributed by atoms with Gasteiger partial charge in [-0.15, -0.1) is 0 Å². The highest BCUT2D eigenvalue weighted by molar-refractivity contribution is 7.99. The van der Waals surface area contributed by atoms with Gasteiger partial charge in [0.05, 0.1) is 5.54 Å². The molecule has 1 aromatic carbocycles. The first-order valence-corrected chi connectivity index (χ1v) is 8.96. The van der Waals surface area contributed by atoms with Gasteiger partial charge >= 0.3 is 0 Å². The van der Waals surface area contributed by atoms with Crippen molar-refractivity contribution in [3.05, 3.63) is 35.9 Å². The van der Waals surface area contributed by atoms with Gasteiger partial charge in [-0.1, -0.05) is 36.8 Å². The van der Waals surface area contributed by atoms with Gasteiger partial charge in [-0.3, -0.25) is 4.90 Å². The van der Waals surface area contributed by atoms with E-state index in [1.54, 1.807) is 0 Å². The molecule has 0 aromatic heterocycles. The summed E-state index contributed by atoms with van der Waals surface area (Å²) < 4.78 is 0. The van der Waals surface area contributed by atoms with Crippen molar-refractivity contribution >= 4 is 11.8 Å². The first kappa shape index (κ1) is 14.4. The summed E-state index contributed by atoms with van der Waals surface area (Å²) in [6.07, 6.45) is 4.26. The SMILES string of the molecule is CC1(c2ccccc2)CN(CC2CCCCS2)CCN1. The van der Waals surface area contributed by atoms with Gasteiger partial charge in [0, 0.05) is 31.4 Å². The Kier molecular flexibility index (Phi) is 4.69. The van der Waals surface area contributed by atoms with Crippen LogP contribution in [-0.4, -0.2) is 42.1 Å². The zero-order valence-corrected chi connectivity index (χ0v) is 13.3. The molecule has 0 amide bonds. The number of rotatable bonds is 3. The maximum absolute atomic E-state index is 3.73. The Morgan fingerprint density at radius 3 is 2.90 bits per heavy atom. The van der Waals surface area contributed by atoms with Crippen LogP contribution in [0.1, 0.15) is 31.7 Å². The smallest absolute Gasteiger partial charge is 0.0535 e. The van der Waals surface area contributed by atoms with E-state index >= 15 is 0 Å². The third-order valence-corrected chi connectivity index (χ3v) is 6.01. The Hall–Kier alpha value is -0.510. The van der Waals surface area contributed by atoms with Crippen molar-refractivity contribution in [3.8, 4) is 0 Å². The predicted octanol–water partition coefficient (Wildman–Crippen LogP) is 3.09. The molecule has 110 valence electrons. The average Bonchev–Trinajstić information content (AvgIpc) is 2.49. The second kappa shape index (κ2) is 6.50. The number of nitrogens with zero attached hydrogens (tertiary/aromatic N) is 1. The van der Waals surface area contributed by atoms with Gasteiger partial charge in [0.2, 0.25) is 0 Å². The molecule has 2 unspecified atom stereocenters. The summed E-state index contributed by atoms with van der Waals surface area (Å²) in [6.45, 7) is 7.05. The Morgan fingerprint density at radius 2 is 2.15 bits per heavy atom. The van der Waals surface area contributed by atoms with E-state index in [4.69, 9.17) is 0 Å². The van der Waals surface area contributed by atoms with Crippen LogP contribution >= 0.6 is 11.8 Å². The van der Waals surface area contributed by atoms with Crippen LogP contribution in [0.4, 0.5) is 0 Å². The van der Waals surface area contributed by atoms with Gasteiger partial charge in [0.15, 0.2) is 0 Å². The number of piperazine rings is 1. The van der Waals surface area contributed by atoms with Crippen molar-refractivity contribution in [2.75, 3.05) is 31.9 Å². The summed E-state index contributed by atoms with van der Waals surface area (Å²) in [5.41, 5.74) is 1.53. The summed E-state index contributed by atoms with van der Waals surface area (Å²) in [5.74, 6) is 1.37. The molecule has 2 fully saturated rings. The Bertz CT molecular complexity index is 416. The summed E-state index contributed by atoms with van der Waals surface area (Å²) in [5, 5.41) is 4.59. The summed E-state index contributed by atoms with van der Waals surface area (Å²) in [7, 11) is 0. The number of nitrogens with one attached hydrogen (secondary N) is 1. The van der Waals surface area contributed by atoms with Crippen LogP contribution in [0.5, 0.6) is 0 Å². The Balaban J connectivity index is 1.63. The van der Waals surface area contributed by atoms with Crippen LogP contribution in [-0.2, 0) is 5.54 Å². The standard InChI is InChI=1S/C17H26N2S/c1-17(15-7-3-2-4-8-15)14-19(11-10-18-17)13-16-9-5-6-12-20-16/h2-4,7-8,16,18H,5-6,9-14H2,1H3. The predicted molar refractivity (Wildman–Crippen MR) is 88.3 cm³/mol.